The largest absolute Gasteiger partial charge is 0.393 e. The predicted octanol–water partition coefficient (Wildman–Crippen LogP) is 8.58. The summed E-state index contributed by atoms with van der Waals surface area (Å²) < 4.78 is 28.8. The molecule has 4 nitrogen and oxygen atoms in total. The topological polar surface area (TPSA) is 66.4 Å². The zero-order chi connectivity index (χ0) is 30.7. The van der Waals surface area contributed by atoms with Crippen LogP contribution in [0.5, 0.6) is 0 Å². The molecule has 0 radical (unpaired) electrons. The Balaban J connectivity index is 1.21. The minimum absolute atomic E-state index is 0.00271. The Morgan fingerprint density at radius 2 is 1.62 bits per heavy atom. The van der Waals surface area contributed by atoms with E-state index in [1.807, 2.05) is 12.1 Å². The highest BCUT2D eigenvalue weighted by Crippen LogP contribution is 2.69. The Hall–Kier alpha value is -0.910. The van der Waals surface area contributed by atoms with Gasteiger partial charge in [-0.2, -0.15) is 0 Å². The van der Waals surface area contributed by atoms with Gasteiger partial charge in [0.2, 0.25) is 10.0 Å². The highest BCUT2D eigenvalue weighted by molar-refractivity contribution is 7.89. The Bertz CT molecular complexity index is 1190. The van der Waals surface area contributed by atoms with Crippen molar-refractivity contribution < 1.29 is 13.5 Å². The maximum Gasteiger partial charge on any atom is 0.240 e. The quantitative estimate of drug-likeness (QED) is 0.294. The van der Waals surface area contributed by atoms with Crippen LogP contribution in [-0.4, -0.2) is 26.2 Å². The lowest BCUT2D eigenvalue weighted by Crippen LogP contribution is -2.61. The lowest BCUT2D eigenvalue weighted by Gasteiger charge is -2.65. The Labute approximate surface area is 258 Å². The van der Waals surface area contributed by atoms with Crippen LogP contribution >= 0.6 is 0 Å². The Morgan fingerprint density at radius 3 is 2.26 bits per heavy atom. The number of aliphatic hydroxyl groups excluding tert-OH is 1. The van der Waals surface area contributed by atoms with E-state index in [2.05, 4.69) is 60.1 Å². The van der Waals surface area contributed by atoms with Crippen LogP contribution in [0, 0.1) is 58.2 Å². The van der Waals surface area contributed by atoms with E-state index in [0.29, 0.717) is 63.7 Å². The fraction of sp³-hybridized carbons (Fsp3) is 0.838. The van der Waals surface area contributed by atoms with Crippen molar-refractivity contribution in [3.05, 3.63) is 29.8 Å². The molecule has 0 amide bonds. The van der Waals surface area contributed by atoms with Crippen LogP contribution < -0.4 is 4.72 Å². The molecule has 0 unspecified atom stereocenters. The second-order valence-corrected chi connectivity index (χ2v) is 18.6. The summed E-state index contributed by atoms with van der Waals surface area (Å²) in [5.74, 6) is 4.91. The van der Waals surface area contributed by atoms with Crippen molar-refractivity contribution >= 4 is 10.0 Å². The number of benzene rings is 1. The molecular weight excluding hydrogens is 538 g/mol. The first kappa shape index (κ1) is 32.5. The third-order valence-corrected chi connectivity index (χ3v) is 15.1. The minimum Gasteiger partial charge on any atom is -0.393 e. The van der Waals surface area contributed by atoms with Crippen molar-refractivity contribution in [2.75, 3.05) is 6.54 Å². The second-order valence-electron chi connectivity index (χ2n) is 16.9. The van der Waals surface area contributed by atoms with Crippen molar-refractivity contribution in [2.24, 2.45) is 58.2 Å². The molecule has 0 spiro atoms. The highest BCUT2D eigenvalue weighted by Gasteiger charge is 2.64. The van der Waals surface area contributed by atoms with Gasteiger partial charge < -0.3 is 5.11 Å². The fourth-order valence-corrected chi connectivity index (χ4v) is 12.3. The average Bonchev–Trinajstić information content (AvgIpc) is 3.29. The molecule has 238 valence electrons. The monoisotopic (exact) mass is 599 g/mol. The maximum absolute atomic E-state index is 13.0. The summed E-state index contributed by atoms with van der Waals surface area (Å²) in [7, 11) is -3.49. The average molecular weight is 600 g/mol. The Morgan fingerprint density at radius 1 is 0.976 bits per heavy atom. The van der Waals surface area contributed by atoms with Gasteiger partial charge in [0.1, 0.15) is 0 Å². The molecule has 0 bridgehead atoms. The standard InChI is InChI=1S/C37H61NO3S/c1-9-28-32-23-24(2)18-20-37(32,8)31-19-21-36(7)29(16-17-30(36)33(31)34(28)39)25(3)11-10-22-38-42(40,41)27-14-12-26(13-15-27)35(4,5)6/h12-15,24-25,28-34,38-39H,9-11,16-23H2,1-8H3/t24-,25-,28-,29-,30+,31+,32+,33+,34-,36-,37-/m1/s1. The molecule has 1 aromatic carbocycles. The van der Waals surface area contributed by atoms with Gasteiger partial charge >= 0.3 is 0 Å². The molecule has 2 N–H and O–H groups in total. The van der Waals surface area contributed by atoms with E-state index in [0.717, 1.165) is 30.7 Å². The first-order valence-corrected chi connectivity index (χ1v) is 18.9. The SMILES string of the molecule is CC[C@H]1[C@@H](O)[C@@H]2[C@H](CC[C@]3(C)[C@@H]([C@H](C)CCCNS(=O)(=O)c4ccc(C(C)(C)C)cc4)CC[C@@H]23)[C@@]2(C)CC[C@@H](C)C[C@@H]12. The number of hydrogen-bond donors (Lipinski definition) is 2. The van der Waals surface area contributed by atoms with E-state index in [1.54, 1.807) is 12.1 Å². The van der Waals surface area contributed by atoms with E-state index in [4.69, 9.17) is 0 Å². The molecule has 0 heterocycles. The molecule has 4 aliphatic rings. The summed E-state index contributed by atoms with van der Waals surface area (Å²) in [6.45, 7) is 19.3. The third kappa shape index (κ3) is 5.66. The van der Waals surface area contributed by atoms with E-state index >= 15 is 0 Å². The molecule has 4 fully saturated rings. The van der Waals surface area contributed by atoms with Crippen LogP contribution in [0.2, 0.25) is 0 Å². The Kier molecular flexibility index (Phi) is 9.12. The van der Waals surface area contributed by atoms with Crippen molar-refractivity contribution in [1.29, 1.82) is 0 Å². The van der Waals surface area contributed by atoms with Crippen molar-refractivity contribution in [3.8, 4) is 0 Å². The zero-order valence-corrected chi connectivity index (χ0v) is 28.8. The van der Waals surface area contributed by atoms with Gasteiger partial charge in [0, 0.05) is 6.54 Å². The first-order chi connectivity index (χ1) is 19.6. The third-order valence-electron chi connectivity index (χ3n) is 13.6. The van der Waals surface area contributed by atoms with Gasteiger partial charge in [-0.1, -0.05) is 80.4 Å². The van der Waals surface area contributed by atoms with E-state index in [-0.39, 0.29) is 11.5 Å². The van der Waals surface area contributed by atoms with Crippen LogP contribution in [0.15, 0.2) is 29.2 Å². The number of hydrogen-bond acceptors (Lipinski definition) is 3. The number of rotatable bonds is 8. The van der Waals surface area contributed by atoms with Gasteiger partial charge in [0.25, 0.3) is 0 Å². The van der Waals surface area contributed by atoms with Gasteiger partial charge in [-0.15, -0.1) is 0 Å². The number of fused-ring (bicyclic) bond motifs is 5. The smallest absolute Gasteiger partial charge is 0.240 e. The highest BCUT2D eigenvalue weighted by atomic mass is 32.2. The maximum atomic E-state index is 13.0. The van der Waals surface area contributed by atoms with E-state index in [9.17, 15) is 13.5 Å². The number of aliphatic hydroxyl groups is 1. The second kappa shape index (κ2) is 11.8. The molecule has 4 aliphatic carbocycles. The molecule has 0 aliphatic heterocycles. The summed E-state index contributed by atoms with van der Waals surface area (Å²) in [6.07, 6.45) is 12.0. The van der Waals surface area contributed by atoms with E-state index in [1.165, 1.54) is 44.9 Å². The summed E-state index contributed by atoms with van der Waals surface area (Å²) in [4.78, 5) is 0.353. The molecular formula is C37H61NO3S. The van der Waals surface area contributed by atoms with Crippen molar-refractivity contribution in [3.63, 3.8) is 0 Å². The molecule has 11 atom stereocenters. The first-order valence-electron chi connectivity index (χ1n) is 17.4. The lowest BCUT2D eigenvalue weighted by molar-refractivity contribution is -0.198. The molecule has 1 aromatic rings. The molecule has 5 rings (SSSR count). The van der Waals surface area contributed by atoms with Gasteiger partial charge in [-0.25, -0.2) is 13.1 Å². The van der Waals surface area contributed by atoms with Crippen LogP contribution in [0.25, 0.3) is 0 Å². The summed E-state index contributed by atoms with van der Waals surface area (Å²) in [5.41, 5.74) is 1.83. The van der Waals surface area contributed by atoms with Gasteiger partial charge in [-0.05, 0) is 133 Å². The zero-order valence-electron chi connectivity index (χ0n) is 28.0. The lowest BCUT2D eigenvalue weighted by atomic mass is 9.41. The number of nitrogens with one attached hydrogen (secondary N) is 1. The minimum atomic E-state index is -3.49. The van der Waals surface area contributed by atoms with Crippen LogP contribution in [0.4, 0.5) is 0 Å². The summed E-state index contributed by atoms with van der Waals surface area (Å²) in [5, 5.41) is 12.0. The van der Waals surface area contributed by atoms with Crippen LogP contribution in [0.3, 0.4) is 0 Å². The predicted molar refractivity (Wildman–Crippen MR) is 174 cm³/mol. The van der Waals surface area contributed by atoms with E-state index < -0.39 is 10.0 Å². The fourth-order valence-electron chi connectivity index (χ4n) is 11.2. The van der Waals surface area contributed by atoms with Crippen LogP contribution in [-0.2, 0) is 15.4 Å². The van der Waals surface area contributed by atoms with Gasteiger partial charge in [0.05, 0.1) is 11.0 Å². The molecule has 42 heavy (non-hydrogen) atoms. The summed E-state index contributed by atoms with van der Waals surface area (Å²) >= 11 is 0. The molecule has 0 saturated heterocycles. The molecule has 0 aromatic heterocycles. The van der Waals surface area contributed by atoms with Gasteiger partial charge in [-0.3, -0.25) is 0 Å². The molecule has 5 heteroatoms. The van der Waals surface area contributed by atoms with Gasteiger partial charge in [0.15, 0.2) is 0 Å². The normalized spacial score (nSPS) is 41.1. The summed E-state index contributed by atoms with van der Waals surface area (Å²) in [6, 6.07) is 7.34. The van der Waals surface area contributed by atoms with Crippen LogP contribution in [0.1, 0.15) is 125 Å². The van der Waals surface area contributed by atoms with Crippen molar-refractivity contribution in [2.45, 2.75) is 136 Å². The number of sulfonamides is 1. The molecule has 4 saturated carbocycles. The van der Waals surface area contributed by atoms with Crippen molar-refractivity contribution in [1.82, 2.24) is 4.72 Å².